The van der Waals surface area contributed by atoms with Crippen LogP contribution >= 0.6 is 0 Å². The van der Waals surface area contributed by atoms with Crippen LogP contribution in [0.25, 0.3) is 11.0 Å². The van der Waals surface area contributed by atoms with E-state index in [9.17, 15) is 13.2 Å². The Hall–Kier alpha value is -3.15. The Bertz CT molecular complexity index is 1240. The van der Waals surface area contributed by atoms with Crippen molar-refractivity contribution >= 4 is 38.5 Å². The van der Waals surface area contributed by atoms with E-state index in [1.54, 1.807) is 30.3 Å². The van der Waals surface area contributed by atoms with Crippen LogP contribution in [0.1, 0.15) is 19.2 Å². The number of nitrogens with zero attached hydrogens (tertiary/aromatic N) is 3. The zero-order chi connectivity index (χ0) is 24.7. The van der Waals surface area contributed by atoms with Crippen LogP contribution in [0.3, 0.4) is 0 Å². The average Bonchev–Trinajstić information content (AvgIpc) is 3.15. The van der Waals surface area contributed by atoms with Gasteiger partial charge in [-0.15, -0.1) is 0 Å². The number of amides is 1. The normalized spacial score (nSPS) is 11.7. The molecule has 0 fully saturated rings. The summed E-state index contributed by atoms with van der Waals surface area (Å²) in [6.07, 6.45) is 0.350. The number of aryl methyl sites for hydroxylation is 1. The molecule has 11 heteroatoms. The molecule has 34 heavy (non-hydrogen) atoms. The first kappa shape index (κ1) is 25.5. The summed E-state index contributed by atoms with van der Waals surface area (Å²) in [5.41, 5.74) is 2.89. The molecular formula is C23H31N5O5S. The molecule has 0 spiro atoms. The lowest BCUT2D eigenvalue weighted by molar-refractivity contribution is 0.107. The topological polar surface area (TPSA) is 115 Å². The predicted octanol–water partition coefficient (Wildman–Crippen LogP) is 3.50. The number of carbonyl (C=O) groups excluding carboxylic acids is 1. The Labute approximate surface area is 199 Å². The molecule has 0 unspecified atom stereocenters. The molecule has 0 aliphatic carbocycles. The van der Waals surface area contributed by atoms with E-state index in [0.717, 1.165) is 30.0 Å². The number of imidazole rings is 1. The summed E-state index contributed by atoms with van der Waals surface area (Å²) >= 11 is 0. The highest BCUT2D eigenvalue weighted by atomic mass is 32.2. The monoisotopic (exact) mass is 489 g/mol. The number of aromatic nitrogens is 2. The van der Waals surface area contributed by atoms with Gasteiger partial charge >= 0.3 is 6.09 Å². The van der Waals surface area contributed by atoms with Gasteiger partial charge in [0.1, 0.15) is 12.4 Å². The molecule has 1 aromatic heterocycles. The van der Waals surface area contributed by atoms with Crippen molar-refractivity contribution in [2.24, 2.45) is 0 Å². The molecule has 10 nitrogen and oxygen atoms in total. The second-order valence-electron chi connectivity index (χ2n) is 7.81. The number of carbonyl (C=O) groups is 1. The highest BCUT2D eigenvalue weighted by Crippen LogP contribution is 2.23. The minimum Gasteiger partial charge on any atom is -0.447 e. The fourth-order valence-electron chi connectivity index (χ4n) is 3.40. The summed E-state index contributed by atoms with van der Waals surface area (Å²) < 4.78 is 38.2. The van der Waals surface area contributed by atoms with E-state index in [1.165, 1.54) is 25.5 Å². The maximum absolute atomic E-state index is 12.5. The van der Waals surface area contributed by atoms with E-state index in [-0.39, 0.29) is 11.5 Å². The lowest BCUT2D eigenvalue weighted by Gasteiger charge is -2.12. The summed E-state index contributed by atoms with van der Waals surface area (Å²) in [6, 6.07) is 12.3. The molecule has 0 saturated carbocycles. The van der Waals surface area contributed by atoms with Gasteiger partial charge in [0.2, 0.25) is 10.0 Å². The number of methoxy groups -OCH3 is 1. The SMILES string of the molecule is CCCn1c(CNc2cccc(NC(=O)OCCOC)c2)nc2cc(S(=O)(=O)N(C)C)ccc21. The van der Waals surface area contributed by atoms with E-state index >= 15 is 0 Å². The highest BCUT2D eigenvalue weighted by Gasteiger charge is 2.19. The molecule has 184 valence electrons. The third-order valence-electron chi connectivity index (χ3n) is 5.10. The zero-order valence-corrected chi connectivity index (χ0v) is 20.7. The van der Waals surface area contributed by atoms with Crippen molar-refractivity contribution in [3.05, 3.63) is 48.3 Å². The minimum absolute atomic E-state index is 0.172. The second kappa shape index (κ2) is 11.3. The second-order valence-corrected chi connectivity index (χ2v) is 9.96. The van der Waals surface area contributed by atoms with Crippen LogP contribution < -0.4 is 10.6 Å². The lowest BCUT2D eigenvalue weighted by Crippen LogP contribution is -2.22. The maximum Gasteiger partial charge on any atom is 0.411 e. The van der Waals surface area contributed by atoms with Gasteiger partial charge in [-0.05, 0) is 42.8 Å². The molecule has 1 amide bonds. The molecule has 3 rings (SSSR count). The van der Waals surface area contributed by atoms with E-state index in [1.807, 2.05) is 12.1 Å². The Balaban J connectivity index is 1.78. The average molecular weight is 490 g/mol. The number of benzene rings is 2. The molecular weight excluding hydrogens is 458 g/mol. The molecule has 1 heterocycles. The van der Waals surface area contributed by atoms with Crippen molar-refractivity contribution in [1.82, 2.24) is 13.9 Å². The zero-order valence-electron chi connectivity index (χ0n) is 19.9. The number of hydrogen-bond donors (Lipinski definition) is 2. The predicted molar refractivity (Wildman–Crippen MR) is 132 cm³/mol. The van der Waals surface area contributed by atoms with Crippen molar-refractivity contribution in [2.45, 2.75) is 31.3 Å². The fourth-order valence-corrected chi connectivity index (χ4v) is 4.32. The number of fused-ring (bicyclic) bond motifs is 1. The van der Waals surface area contributed by atoms with Gasteiger partial charge in [0.25, 0.3) is 0 Å². The van der Waals surface area contributed by atoms with Crippen LogP contribution in [-0.2, 0) is 32.6 Å². The summed E-state index contributed by atoms with van der Waals surface area (Å²) in [6.45, 7) is 3.75. The Morgan fingerprint density at radius 2 is 1.88 bits per heavy atom. The van der Waals surface area contributed by atoms with Crippen LogP contribution in [0.5, 0.6) is 0 Å². The number of hydrogen-bond acceptors (Lipinski definition) is 7. The van der Waals surface area contributed by atoms with E-state index < -0.39 is 16.1 Å². The molecule has 2 aromatic carbocycles. The van der Waals surface area contributed by atoms with Gasteiger partial charge in [0, 0.05) is 39.1 Å². The van der Waals surface area contributed by atoms with Gasteiger partial charge < -0.3 is 19.4 Å². The van der Waals surface area contributed by atoms with Crippen molar-refractivity contribution < 1.29 is 22.7 Å². The van der Waals surface area contributed by atoms with Crippen LogP contribution in [-0.4, -0.2) is 62.8 Å². The van der Waals surface area contributed by atoms with Crippen LogP contribution in [0.4, 0.5) is 16.2 Å². The lowest BCUT2D eigenvalue weighted by atomic mass is 10.2. The number of rotatable bonds is 11. The van der Waals surface area contributed by atoms with Crippen LogP contribution in [0.2, 0.25) is 0 Å². The van der Waals surface area contributed by atoms with Crippen LogP contribution in [0.15, 0.2) is 47.4 Å². The van der Waals surface area contributed by atoms with Gasteiger partial charge in [0.15, 0.2) is 0 Å². The molecule has 0 atom stereocenters. The Kier molecular flexibility index (Phi) is 8.48. The number of sulfonamides is 1. The summed E-state index contributed by atoms with van der Waals surface area (Å²) in [7, 11) is 1.01. The minimum atomic E-state index is -3.55. The molecule has 3 aromatic rings. The van der Waals surface area contributed by atoms with Crippen molar-refractivity contribution in [3.8, 4) is 0 Å². The van der Waals surface area contributed by atoms with E-state index in [4.69, 9.17) is 14.5 Å². The quantitative estimate of drug-likeness (QED) is 0.396. The van der Waals surface area contributed by atoms with Gasteiger partial charge in [-0.2, -0.15) is 0 Å². The smallest absolute Gasteiger partial charge is 0.411 e. The molecule has 0 saturated heterocycles. The standard InChI is InChI=1S/C23H31N5O5S/c1-5-11-28-21-10-9-19(34(30,31)27(2)3)15-20(21)26-22(28)16-24-17-7-6-8-18(14-17)25-23(29)33-13-12-32-4/h6-10,14-15,24H,5,11-13,16H2,1-4H3,(H,25,29). The summed E-state index contributed by atoms with van der Waals surface area (Å²) in [5.74, 6) is 0.786. The van der Waals surface area contributed by atoms with Gasteiger partial charge in [-0.25, -0.2) is 22.5 Å². The molecule has 0 aliphatic rings. The van der Waals surface area contributed by atoms with E-state index in [2.05, 4.69) is 22.1 Å². The van der Waals surface area contributed by atoms with Crippen molar-refractivity contribution in [3.63, 3.8) is 0 Å². The Morgan fingerprint density at radius 1 is 1.12 bits per heavy atom. The van der Waals surface area contributed by atoms with Crippen molar-refractivity contribution in [2.75, 3.05) is 45.1 Å². The first-order chi connectivity index (χ1) is 16.3. The Morgan fingerprint density at radius 3 is 2.59 bits per heavy atom. The number of nitrogens with one attached hydrogen (secondary N) is 2. The molecule has 2 N–H and O–H groups in total. The summed E-state index contributed by atoms with van der Waals surface area (Å²) in [4.78, 5) is 16.8. The van der Waals surface area contributed by atoms with E-state index in [0.29, 0.717) is 24.4 Å². The third kappa shape index (κ3) is 6.04. The number of ether oxygens (including phenoxy) is 2. The van der Waals surface area contributed by atoms with Gasteiger partial charge in [-0.3, -0.25) is 5.32 Å². The summed E-state index contributed by atoms with van der Waals surface area (Å²) in [5, 5.41) is 6.01. The third-order valence-corrected chi connectivity index (χ3v) is 6.92. The van der Waals surface area contributed by atoms with Crippen LogP contribution in [0, 0.1) is 0 Å². The highest BCUT2D eigenvalue weighted by molar-refractivity contribution is 7.89. The van der Waals surface area contributed by atoms with Gasteiger partial charge in [-0.1, -0.05) is 13.0 Å². The first-order valence-electron chi connectivity index (χ1n) is 10.9. The fraction of sp³-hybridized carbons (Fsp3) is 0.391. The first-order valence-corrected chi connectivity index (χ1v) is 12.4. The van der Waals surface area contributed by atoms with Crippen molar-refractivity contribution in [1.29, 1.82) is 0 Å². The maximum atomic E-state index is 12.5. The molecule has 0 aliphatic heterocycles. The molecule has 0 bridgehead atoms. The number of anilines is 2. The van der Waals surface area contributed by atoms with Gasteiger partial charge in [0.05, 0.1) is 29.1 Å². The largest absolute Gasteiger partial charge is 0.447 e. The molecule has 0 radical (unpaired) electrons.